The Kier molecular flexibility index (Phi) is 3.88. The molecule has 0 radical (unpaired) electrons. The average Bonchev–Trinajstić information content (AvgIpc) is 2.28. The molecule has 0 aromatic rings. The van der Waals surface area contributed by atoms with Gasteiger partial charge in [0.25, 0.3) is 0 Å². The normalized spacial score (nSPS) is 39.1. The Labute approximate surface area is 98.4 Å². The standard InChI is InChI=1S/C14H24O2/c1-2-3-10-4-5-12-9-13(14(15)16)7-6-11(12)8-10/h10-13H,2-9H2,1H3,(H,15,16)/t10?,11-,12?,13-/m1/s1. The van der Waals surface area contributed by atoms with Gasteiger partial charge in [-0.25, -0.2) is 0 Å². The topological polar surface area (TPSA) is 37.3 Å². The van der Waals surface area contributed by atoms with Gasteiger partial charge in [-0.05, 0) is 49.9 Å². The molecule has 92 valence electrons. The van der Waals surface area contributed by atoms with E-state index in [1.807, 2.05) is 0 Å². The van der Waals surface area contributed by atoms with Crippen molar-refractivity contribution in [3.63, 3.8) is 0 Å². The Morgan fingerprint density at radius 2 is 1.81 bits per heavy atom. The fourth-order valence-corrected chi connectivity index (χ4v) is 3.88. The van der Waals surface area contributed by atoms with Crippen LogP contribution >= 0.6 is 0 Å². The first-order chi connectivity index (χ1) is 7.70. The number of carboxylic acids is 1. The van der Waals surface area contributed by atoms with E-state index in [1.54, 1.807) is 0 Å². The molecule has 0 aromatic heterocycles. The fraction of sp³-hybridized carbons (Fsp3) is 0.929. The molecule has 2 fully saturated rings. The van der Waals surface area contributed by atoms with Gasteiger partial charge in [-0.2, -0.15) is 0 Å². The number of aliphatic carboxylic acids is 1. The highest BCUT2D eigenvalue weighted by Crippen LogP contribution is 2.45. The Balaban J connectivity index is 1.87. The molecule has 1 N–H and O–H groups in total. The number of fused-ring (bicyclic) bond motifs is 1. The molecule has 0 aliphatic heterocycles. The summed E-state index contributed by atoms with van der Waals surface area (Å²) in [7, 11) is 0. The second kappa shape index (κ2) is 5.20. The molecule has 2 aliphatic rings. The molecule has 2 heteroatoms. The highest BCUT2D eigenvalue weighted by Gasteiger charge is 2.37. The third kappa shape index (κ3) is 2.58. The quantitative estimate of drug-likeness (QED) is 0.793. The van der Waals surface area contributed by atoms with Crippen LogP contribution in [0.1, 0.15) is 58.3 Å². The van der Waals surface area contributed by atoms with E-state index < -0.39 is 5.97 Å². The largest absolute Gasteiger partial charge is 0.481 e. The molecular formula is C14H24O2. The Hall–Kier alpha value is -0.530. The number of carboxylic acid groups (broad SMARTS) is 1. The van der Waals surface area contributed by atoms with E-state index in [9.17, 15) is 4.79 Å². The van der Waals surface area contributed by atoms with Crippen molar-refractivity contribution < 1.29 is 9.90 Å². The highest BCUT2D eigenvalue weighted by atomic mass is 16.4. The molecule has 2 rings (SSSR count). The molecule has 4 atom stereocenters. The second-order valence-electron chi connectivity index (χ2n) is 5.84. The lowest BCUT2D eigenvalue weighted by molar-refractivity contribution is -0.144. The molecule has 0 amide bonds. The Morgan fingerprint density at radius 1 is 1.12 bits per heavy atom. The second-order valence-corrected chi connectivity index (χ2v) is 5.84. The van der Waals surface area contributed by atoms with Gasteiger partial charge in [-0.1, -0.05) is 26.2 Å². The lowest BCUT2D eigenvalue weighted by Gasteiger charge is -2.41. The maximum absolute atomic E-state index is 11.0. The van der Waals surface area contributed by atoms with Gasteiger partial charge in [0.05, 0.1) is 5.92 Å². The zero-order valence-electron chi connectivity index (χ0n) is 10.3. The van der Waals surface area contributed by atoms with Crippen molar-refractivity contribution in [1.82, 2.24) is 0 Å². The first-order valence-corrected chi connectivity index (χ1v) is 6.93. The van der Waals surface area contributed by atoms with Crippen LogP contribution < -0.4 is 0 Å². The Morgan fingerprint density at radius 3 is 2.50 bits per heavy atom. The van der Waals surface area contributed by atoms with Crippen LogP contribution in [0.3, 0.4) is 0 Å². The summed E-state index contributed by atoms with van der Waals surface area (Å²) in [6, 6.07) is 0. The van der Waals surface area contributed by atoms with Gasteiger partial charge in [-0.3, -0.25) is 4.79 Å². The number of rotatable bonds is 3. The van der Waals surface area contributed by atoms with Gasteiger partial charge in [0, 0.05) is 0 Å². The van der Waals surface area contributed by atoms with Crippen molar-refractivity contribution in [3.05, 3.63) is 0 Å². The molecule has 2 unspecified atom stereocenters. The molecule has 2 saturated carbocycles. The lowest BCUT2D eigenvalue weighted by atomic mass is 9.64. The van der Waals surface area contributed by atoms with Crippen LogP contribution in [0.2, 0.25) is 0 Å². The van der Waals surface area contributed by atoms with E-state index in [4.69, 9.17) is 5.11 Å². The third-order valence-corrected chi connectivity index (χ3v) is 4.77. The van der Waals surface area contributed by atoms with Crippen molar-refractivity contribution >= 4 is 5.97 Å². The summed E-state index contributed by atoms with van der Waals surface area (Å²) in [6.45, 7) is 2.27. The van der Waals surface area contributed by atoms with Gasteiger partial charge < -0.3 is 5.11 Å². The minimum Gasteiger partial charge on any atom is -0.481 e. The molecule has 0 saturated heterocycles. The molecule has 2 nitrogen and oxygen atoms in total. The number of hydrogen-bond acceptors (Lipinski definition) is 1. The van der Waals surface area contributed by atoms with E-state index in [0.717, 1.165) is 30.6 Å². The van der Waals surface area contributed by atoms with Crippen LogP contribution in [0.15, 0.2) is 0 Å². The number of carbonyl (C=O) groups is 1. The first kappa shape index (κ1) is 11.9. The molecule has 2 aliphatic carbocycles. The van der Waals surface area contributed by atoms with Crippen LogP contribution in [0.4, 0.5) is 0 Å². The van der Waals surface area contributed by atoms with E-state index in [1.165, 1.54) is 38.5 Å². The zero-order valence-corrected chi connectivity index (χ0v) is 10.3. The predicted octanol–water partition coefficient (Wildman–Crippen LogP) is 3.70. The molecular weight excluding hydrogens is 200 g/mol. The van der Waals surface area contributed by atoms with E-state index in [0.29, 0.717) is 0 Å². The van der Waals surface area contributed by atoms with E-state index in [-0.39, 0.29) is 5.92 Å². The molecule has 0 aromatic carbocycles. The molecule has 0 heterocycles. The van der Waals surface area contributed by atoms with Crippen molar-refractivity contribution in [3.8, 4) is 0 Å². The van der Waals surface area contributed by atoms with Crippen molar-refractivity contribution in [2.75, 3.05) is 0 Å². The summed E-state index contributed by atoms with van der Waals surface area (Å²) in [5.74, 6) is 1.91. The summed E-state index contributed by atoms with van der Waals surface area (Å²) in [5.41, 5.74) is 0. The maximum Gasteiger partial charge on any atom is 0.306 e. The summed E-state index contributed by atoms with van der Waals surface area (Å²) < 4.78 is 0. The van der Waals surface area contributed by atoms with Crippen LogP contribution in [0, 0.1) is 23.7 Å². The van der Waals surface area contributed by atoms with Gasteiger partial charge in [0.1, 0.15) is 0 Å². The smallest absolute Gasteiger partial charge is 0.306 e. The van der Waals surface area contributed by atoms with Crippen LogP contribution in [0.5, 0.6) is 0 Å². The average molecular weight is 224 g/mol. The predicted molar refractivity (Wildman–Crippen MR) is 64.2 cm³/mol. The number of hydrogen-bond donors (Lipinski definition) is 1. The van der Waals surface area contributed by atoms with Crippen molar-refractivity contribution in [2.45, 2.75) is 58.3 Å². The summed E-state index contributed by atoms with van der Waals surface area (Å²) >= 11 is 0. The third-order valence-electron chi connectivity index (χ3n) is 4.77. The zero-order chi connectivity index (χ0) is 11.5. The van der Waals surface area contributed by atoms with E-state index >= 15 is 0 Å². The minimum atomic E-state index is -0.561. The summed E-state index contributed by atoms with van der Waals surface area (Å²) in [5, 5.41) is 9.06. The summed E-state index contributed by atoms with van der Waals surface area (Å²) in [6.07, 6.45) is 9.76. The van der Waals surface area contributed by atoms with Crippen molar-refractivity contribution in [2.24, 2.45) is 23.7 Å². The lowest BCUT2D eigenvalue weighted by Crippen LogP contribution is -2.33. The van der Waals surface area contributed by atoms with Crippen LogP contribution in [0.25, 0.3) is 0 Å². The van der Waals surface area contributed by atoms with Crippen LogP contribution in [-0.4, -0.2) is 11.1 Å². The first-order valence-electron chi connectivity index (χ1n) is 6.93. The van der Waals surface area contributed by atoms with E-state index in [2.05, 4.69) is 6.92 Å². The molecule has 16 heavy (non-hydrogen) atoms. The van der Waals surface area contributed by atoms with Crippen LogP contribution in [-0.2, 0) is 4.79 Å². The highest BCUT2D eigenvalue weighted by molar-refractivity contribution is 5.70. The fourth-order valence-electron chi connectivity index (χ4n) is 3.88. The maximum atomic E-state index is 11.0. The van der Waals surface area contributed by atoms with Gasteiger partial charge in [-0.15, -0.1) is 0 Å². The molecule has 0 bridgehead atoms. The van der Waals surface area contributed by atoms with Crippen molar-refractivity contribution in [1.29, 1.82) is 0 Å². The van der Waals surface area contributed by atoms with Gasteiger partial charge in [0.15, 0.2) is 0 Å². The SMILES string of the molecule is CCCC1CCC2C[C@H](C(=O)O)CC[C@@H]2C1. The molecule has 0 spiro atoms. The monoisotopic (exact) mass is 224 g/mol. The Bertz CT molecular complexity index is 249. The minimum absolute atomic E-state index is 0.0380. The summed E-state index contributed by atoms with van der Waals surface area (Å²) in [4.78, 5) is 11.0. The van der Waals surface area contributed by atoms with Gasteiger partial charge in [0.2, 0.25) is 0 Å². The van der Waals surface area contributed by atoms with Gasteiger partial charge >= 0.3 is 5.97 Å².